The summed E-state index contributed by atoms with van der Waals surface area (Å²) in [7, 11) is -1.66. The van der Waals surface area contributed by atoms with Gasteiger partial charge in [0.15, 0.2) is 8.32 Å². The number of hydrogen-bond acceptors (Lipinski definition) is 3. The molecule has 0 saturated heterocycles. The lowest BCUT2D eigenvalue weighted by Gasteiger charge is -2.26. The largest absolute Gasteiger partial charge is 0.466 e. The Morgan fingerprint density at radius 2 is 1.85 bits per heavy atom. The van der Waals surface area contributed by atoms with Crippen molar-refractivity contribution < 1.29 is 14.0 Å². The highest BCUT2D eigenvalue weighted by Crippen LogP contribution is 2.16. The van der Waals surface area contributed by atoms with Crippen molar-refractivity contribution in [2.75, 3.05) is 6.61 Å². The van der Waals surface area contributed by atoms with E-state index in [-0.39, 0.29) is 12.1 Å². The van der Waals surface area contributed by atoms with Gasteiger partial charge in [-0.15, -0.1) is 0 Å². The van der Waals surface area contributed by atoms with Crippen molar-refractivity contribution >= 4 is 14.3 Å². The lowest BCUT2D eigenvalue weighted by atomic mass is 10.1. The quantitative estimate of drug-likeness (QED) is 0.540. The molecule has 0 amide bonds. The predicted octanol–water partition coefficient (Wildman–Crippen LogP) is 3.79. The van der Waals surface area contributed by atoms with E-state index < -0.39 is 8.32 Å². The van der Waals surface area contributed by atoms with Gasteiger partial charge in [-0.3, -0.25) is 4.79 Å². The molecule has 1 aromatic rings. The van der Waals surface area contributed by atoms with Crippen LogP contribution < -0.4 is 0 Å². The fourth-order valence-electron chi connectivity index (χ4n) is 2.08. The summed E-state index contributed by atoms with van der Waals surface area (Å²) in [5.41, 5.74) is 1.28. The molecule has 1 rings (SSSR count). The van der Waals surface area contributed by atoms with Crippen LogP contribution in [0.15, 0.2) is 30.3 Å². The van der Waals surface area contributed by atoms with Gasteiger partial charge < -0.3 is 9.16 Å². The van der Waals surface area contributed by atoms with Crippen molar-refractivity contribution in [2.24, 2.45) is 0 Å². The Morgan fingerprint density at radius 1 is 1.20 bits per heavy atom. The molecule has 0 saturated carbocycles. The van der Waals surface area contributed by atoms with Crippen LogP contribution in [0.25, 0.3) is 0 Å². The van der Waals surface area contributed by atoms with E-state index in [0.29, 0.717) is 13.0 Å². The molecule has 0 aromatic heterocycles. The van der Waals surface area contributed by atoms with Crippen molar-refractivity contribution in [3.8, 4) is 0 Å². The summed E-state index contributed by atoms with van der Waals surface area (Å²) < 4.78 is 11.1. The normalized spacial score (nSPS) is 13.0. The average molecular weight is 294 g/mol. The molecule has 0 aliphatic carbocycles. The van der Waals surface area contributed by atoms with Gasteiger partial charge in [0.2, 0.25) is 0 Å². The lowest BCUT2D eigenvalue weighted by molar-refractivity contribution is -0.145. The van der Waals surface area contributed by atoms with Crippen LogP contribution in [-0.2, 0) is 20.4 Å². The molecule has 0 unspecified atom stereocenters. The van der Waals surface area contributed by atoms with Gasteiger partial charge in [0, 0.05) is 0 Å². The van der Waals surface area contributed by atoms with Crippen molar-refractivity contribution in [1.82, 2.24) is 0 Å². The van der Waals surface area contributed by atoms with Gasteiger partial charge in [0.1, 0.15) is 0 Å². The minimum atomic E-state index is -1.66. The average Bonchev–Trinajstić information content (AvgIpc) is 2.36. The summed E-state index contributed by atoms with van der Waals surface area (Å²) >= 11 is 0. The van der Waals surface area contributed by atoms with E-state index in [1.165, 1.54) is 5.56 Å². The second kappa shape index (κ2) is 8.22. The Labute approximate surface area is 123 Å². The molecular weight excluding hydrogens is 268 g/mol. The highest BCUT2D eigenvalue weighted by Gasteiger charge is 2.23. The number of carbonyl (C=O) groups excluding carboxylic acids is 1. The van der Waals surface area contributed by atoms with E-state index in [1.807, 2.05) is 25.1 Å². The third-order valence-electron chi connectivity index (χ3n) is 2.82. The maximum absolute atomic E-state index is 11.7. The molecule has 0 radical (unpaired) electrons. The fraction of sp³-hybridized carbons (Fsp3) is 0.562. The maximum Gasteiger partial charge on any atom is 0.308 e. The van der Waals surface area contributed by atoms with E-state index in [9.17, 15) is 4.79 Å². The van der Waals surface area contributed by atoms with Crippen LogP contribution in [0, 0.1) is 0 Å². The Balaban J connectivity index is 2.55. The SMILES string of the molecule is CCOC(=O)C[C@H](CCc1ccccc1)O[Si](C)(C)C. The highest BCUT2D eigenvalue weighted by molar-refractivity contribution is 6.69. The Bertz CT molecular complexity index is 398. The zero-order valence-electron chi connectivity index (χ0n) is 13.0. The summed E-state index contributed by atoms with van der Waals surface area (Å²) in [4.78, 5) is 11.7. The molecule has 3 nitrogen and oxygen atoms in total. The van der Waals surface area contributed by atoms with E-state index in [1.54, 1.807) is 0 Å². The molecule has 20 heavy (non-hydrogen) atoms. The van der Waals surface area contributed by atoms with E-state index >= 15 is 0 Å². The maximum atomic E-state index is 11.7. The summed E-state index contributed by atoms with van der Waals surface area (Å²) in [6, 6.07) is 10.3. The monoisotopic (exact) mass is 294 g/mol. The Kier molecular flexibility index (Phi) is 6.95. The molecule has 0 aliphatic heterocycles. The van der Waals surface area contributed by atoms with Gasteiger partial charge in [-0.1, -0.05) is 30.3 Å². The third kappa shape index (κ3) is 7.45. The van der Waals surface area contributed by atoms with E-state index in [0.717, 1.165) is 12.8 Å². The standard InChI is InChI=1S/C16H26O3Si/c1-5-18-16(17)13-15(19-20(2,3)4)12-11-14-9-7-6-8-10-14/h6-10,15H,5,11-13H2,1-4H3/t15-/m0/s1. The first-order chi connectivity index (χ1) is 9.40. The predicted molar refractivity (Wildman–Crippen MR) is 84.2 cm³/mol. The molecule has 0 N–H and O–H groups in total. The number of rotatable bonds is 8. The Morgan fingerprint density at radius 3 is 2.40 bits per heavy atom. The zero-order chi connectivity index (χ0) is 15.0. The van der Waals surface area contributed by atoms with Gasteiger partial charge in [-0.05, 0) is 45.0 Å². The number of esters is 1. The van der Waals surface area contributed by atoms with Crippen molar-refractivity contribution in [2.45, 2.75) is 51.9 Å². The summed E-state index contributed by atoms with van der Waals surface area (Å²) in [5.74, 6) is -0.163. The van der Waals surface area contributed by atoms with Gasteiger partial charge in [0.25, 0.3) is 0 Å². The summed E-state index contributed by atoms with van der Waals surface area (Å²) in [6.45, 7) is 8.70. The van der Waals surface area contributed by atoms with Crippen LogP contribution in [0.5, 0.6) is 0 Å². The molecule has 0 aliphatic rings. The molecule has 0 fully saturated rings. The first-order valence-corrected chi connectivity index (χ1v) is 10.7. The van der Waals surface area contributed by atoms with Gasteiger partial charge in [-0.25, -0.2) is 0 Å². The van der Waals surface area contributed by atoms with Gasteiger partial charge in [0.05, 0.1) is 19.1 Å². The molecule has 0 bridgehead atoms. The number of hydrogen-bond donors (Lipinski definition) is 0. The first kappa shape index (κ1) is 16.9. The molecule has 112 valence electrons. The van der Waals surface area contributed by atoms with Crippen LogP contribution in [0.3, 0.4) is 0 Å². The van der Waals surface area contributed by atoms with E-state index in [2.05, 4.69) is 31.8 Å². The van der Waals surface area contributed by atoms with Crippen LogP contribution in [0.4, 0.5) is 0 Å². The van der Waals surface area contributed by atoms with Gasteiger partial charge >= 0.3 is 5.97 Å². The van der Waals surface area contributed by atoms with Crippen LogP contribution in [-0.4, -0.2) is 27.0 Å². The number of benzene rings is 1. The summed E-state index contributed by atoms with van der Waals surface area (Å²) in [6.07, 6.45) is 2.09. The van der Waals surface area contributed by atoms with Crippen LogP contribution >= 0.6 is 0 Å². The molecule has 0 heterocycles. The minimum Gasteiger partial charge on any atom is -0.466 e. The molecule has 1 atom stereocenters. The molecule has 4 heteroatoms. The third-order valence-corrected chi connectivity index (χ3v) is 3.86. The number of aryl methyl sites for hydroxylation is 1. The van der Waals surface area contributed by atoms with Crippen LogP contribution in [0.1, 0.15) is 25.3 Å². The highest BCUT2D eigenvalue weighted by atomic mass is 28.4. The molecular formula is C16H26O3Si. The molecule has 1 aromatic carbocycles. The smallest absolute Gasteiger partial charge is 0.308 e. The molecule has 0 spiro atoms. The Hall–Kier alpha value is -1.13. The summed E-state index contributed by atoms with van der Waals surface area (Å²) in [5, 5.41) is 0. The second-order valence-electron chi connectivity index (χ2n) is 5.89. The second-order valence-corrected chi connectivity index (χ2v) is 10.3. The van der Waals surface area contributed by atoms with Gasteiger partial charge in [-0.2, -0.15) is 0 Å². The number of carbonyl (C=O) groups is 1. The first-order valence-electron chi connectivity index (χ1n) is 7.28. The van der Waals surface area contributed by atoms with Crippen LogP contribution in [0.2, 0.25) is 19.6 Å². The van der Waals surface area contributed by atoms with Crippen molar-refractivity contribution in [3.63, 3.8) is 0 Å². The van der Waals surface area contributed by atoms with E-state index in [4.69, 9.17) is 9.16 Å². The topological polar surface area (TPSA) is 35.5 Å². The van der Waals surface area contributed by atoms with Crippen molar-refractivity contribution in [3.05, 3.63) is 35.9 Å². The van der Waals surface area contributed by atoms with Crippen molar-refractivity contribution in [1.29, 1.82) is 0 Å². The minimum absolute atomic E-state index is 0.0408. The number of ether oxygens (including phenoxy) is 1. The lowest BCUT2D eigenvalue weighted by Crippen LogP contribution is -2.34. The zero-order valence-corrected chi connectivity index (χ0v) is 14.0. The fourth-order valence-corrected chi connectivity index (χ4v) is 3.28.